The van der Waals surface area contributed by atoms with Crippen LogP contribution in [0.4, 0.5) is 9.93 Å². The first kappa shape index (κ1) is 12.0. The van der Waals surface area contributed by atoms with E-state index < -0.39 is 0 Å². The number of rotatable bonds is 4. The maximum Gasteiger partial charge on any atom is 0.321 e. The van der Waals surface area contributed by atoms with Crippen molar-refractivity contribution in [3.05, 3.63) is 11.6 Å². The number of anilines is 1. The molecule has 1 aromatic heterocycles. The average Bonchev–Trinajstić information content (AvgIpc) is 3.04. The van der Waals surface area contributed by atoms with Gasteiger partial charge in [0.15, 0.2) is 5.13 Å². The minimum Gasteiger partial charge on any atom is -0.338 e. The number of hydrogen-bond acceptors (Lipinski definition) is 3. The lowest BCUT2D eigenvalue weighted by molar-refractivity contribution is 0.249. The molecule has 18 heavy (non-hydrogen) atoms. The molecular formula is C13H19N3OS. The highest BCUT2D eigenvalue weighted by molar-refractivity contribution is 7.13. The summed E-state index contributed by atoms with van der Waals surface area (Å²) in [6.45, 7) is 0.783. The number of nitrogens with one attached hydrogen (secondary N) is 2. The second-order valence-electron chi connectivity index (χ2n) is 5.44. The molecule has 0 radical (unpaired) electrons. The van der Waals surface area contributed by atoms with Crippen molar-refractivity contribution in [2.75, 3.05) is 11.9 Å². The number of thiazole rings is 1. The highest BCUT2D eigenvalue weighted by Crippen LogP contribution is 2.49. The fraction of sp³-hybridized carbons (Fsp3) is 0.692. The Morgan fingerprint density at radius 2 is 2.39 bits per heavy atom. The minimum absolute atomic E-state index is 0.131. The van der Waals surface area contributed by atoms with Crippen molar-refractivity contribution in [3.63, 3.8) is 0 Å². The van der Waals surface area contributed by atoms with Crippen molar-refractivity contribution in [1.29, 1.82) is 0 Å². The second-order valence-corrected chi connectivity index (χ2v) is 6.34. The summed E-state index contributed by atoms with van der Waals surface area (Å²) in [6, 6.07) is -0.131. The molecule has 2 fully saturated rings. The summed E-state index contributed by atoms with van der Waals surface area (Å²) in [4.78, 5) is 15.6. The predicted molar refractivity (Wildman–Crippen MR) is 72.7 cm³/mol. The molecule has 0 saturated heterocycles. The van der Waals surface area contributed by atoms with Gasteiger partial charge in [0.05, 0.1) is 0 Å². The van der Waals surface area contributed by atoms with Gasteiger partial charge >= 0.3 is 6.03 Å². The number of carbonyl (C=O) groups excluding carboxylic acids is 1. The van der Waals surface area contributed by atoms with Gasteiger partial charge in [-0.15, -0.1) is 11.3 Å². The molecule has 2 saturated carbocycles. The zero-order valence-electron chi connectivity index (χ0n) is 10.4. The zero-order valence-corrected chi connectivity index (χ0v) is 11.2. The van der Waals surface area contributed by atoms with Crippen LogP contribution in [0, 0.1) is 17.8 Å². The Morgan fingerprint density at radius 1 is 1.44 bits per heavy atom. The molecule has 2 N–H and O–H groups in total. The van der Waals surface area contributed by atoms with Crippen molar-refractivity contribution < 1.29 is 4.79 Å². The van der Waals surface area contributed by atoms with E-state index in [4.69, 9.17) is 0 Å². The minimum atomic E-state index is -0.131. The quantitative estimate of drug-likeness (QED) is 0.879. The summed E-state index contributed by atoms with van der Waals surface area (Å²) < 4.78 is 0. The molecule has 2 amide bonds. The van der Waals surface area contributed by atoms with E-state index in [-0.39, 0.29) is 6.03 Å². The van der Waals surface area contributed by atoms with Crippen molar-refractivity contribution in [2.45, 2.75) is 32.1 Å². The number of fused-ring (bicyclic) bond motifs is 2. The van der Waals surface area contributed by atoms with Crippen molar-refractivity contribution in [3.8, 4) is 0 Å². The SMILES string of the molecule is O=C(NCC[C@H]1C[C@H]2CC[C@H]1C2)Nc1nccs1. The monoisotopic (exact) mass is 265 g/mol. The van der Waals surface area contributed by atoms with E-state index in [1.54, 1.807) is 6.20 Å². The Balaban J connectivity index is 1.36. The lowest BCUT2D eigenvalue weighted by atomic mass is 9.86. The van der Waals surface area contributed by atoms with E-state index in [0.717, 1.165) is 30.7 Å². The van der Waals surface area contributed by atoms with Crippen molar-refractivity contribution in [2.24, 2.45) is 17.8 Å². The molecule has 1 heterocycles. The topological polar surface area (TPSA) is 54.0 Å². The first-order chi connectivity index (χ1) is 8.81. The summed E-state index contributed by atoms with van der Waals surface area (Å²) in [6.07, 6.45) is 8.51. The molecule has 2 aliphatic carbocycles. The van der Waals surface area contributed by atoms with E-state index in [0.29, 0.717) is 5.13 Å². The predicted octanol–water partition coefficient (Wildman–Crippen LogP) is 3.09. The van der Waals surface area contributed by atoms with Crippen LogP contribution < -0.4 is 10.6 Å². The molecule has 2 aliphatic rings. The summed E-state index contributed by atoms with van der Waals surface area (Å²) in [7, 11) is 0. The third kappa shape index (κ3) is 2.66. The lowest BCUT2D eigenvalue weighted by Gasteiger charge is -2.21. The van der Waals surface area contributed by atoms with Gasteiger partial charge in [0.25, 0.3) is 0 Å². The molecule has 3 rings (SSSR count). The van der Waals surface area contributed by atoms with E-state index in [2.05, 4.69) is 15.6 Å². The molecule has 0 unspecified atom stereocenters. The first-order valence-corrected chi connectivity index (χ1v) is 7.63. The molecule has 0 aromatic carbocycles. The van der Waals surface area contributed by atoms with Gasteiger partial charge in [-0.05, 0) is 43.4 Å². The normalized spacial score (nSPS) is 29.4. The van der Waals surface area contributed by atoms with Gasteiger partial charge in [-0.2, -0.15) is 0 Å². The molecule has 5 heteroatoms. The first-order valence-electron chi connectivity index (χ1n) is 6.75. The smallest absolute Gasteiger partial charge is 0.321 e. The fourth-order valence-corrected chi connectivity index (χ4v) is 4.05. The Morgan fingerprint density at radius 3 is 3.06 bits per heavy atom. The Labute approximate surface area is 111 Å². The number of aromatic nitrogens is 1. The van der Waals surface area contributed by atoms with Crippen molar-refractivity contribution in [1.82, 2.24) is 10.3 Å². The molecule has 0 spiro atoms. The van der Waals surface area contributed by atoms with Crippen LogP contribution in [0.5, 0.6) is 0 Å². The molecule has 2 bridgehead atoms. The zero-order chi connectivity index (χ0) is 12.4. The van der Waals surface area contributed by atoms with Crippen LogP contribution >= 0.6 is 11.3 Å². The molecule has 0 aliphatic heterocycles. The van der Waals surface area contributed by atoms with Gasteiger partial charge in [0.1, 0.15) is 0 Å². The highest BCUT2D eigenvalue weighted by Gasteiger charge is 2.38. The average molecular weight is 265 g/mol. The summed E-state index contributed by atoms with van der Waals surface area (Å²) in [5.74, 6) is 2.78. The summed E-state index contributed by atoms with van der Waals surface area (Å²) in [5.41, 5.74) is 0. The third-order valence-corrected chi connectivity index (χ3v) is 5.03. The molecule has 4 nitrogen and oxygen atoms in total. The number of hydrogen-bond donors (Lipinski definition) is 2. The Kier molecular flexibility index (Phi) is 3.50. The van der Waals surface area contributed by atoms with E-state index in [1.807, 2.05) is 5.38 Å². The van der Waals surface area contributed by atoms with Gasteiger partial charge in [-0.3, -0.25) is 5.32 Å². The number of nitrogens with zero attached hydrogens (tertiary/aromatic N) is 1. The molecular weight excluding hydrogens is 246 g/mol. The third-order valence-electron chi connectivity index (χ3n) is 4.34. The van der Waals surface area contributed by atoms with Crippen LogP contribution in [-0.4, -0.2) is 17.6 Å². The maximum atomic E-state index is 11.6. The van der Waals surface area contributed by atoms with Crippen LogP contribution in [0.2, 0.25) is 0 Å². The van der Waals surface area contributed by atoms with Crippen LogP contribution in [0.25, 0.3) is 0 Å². The molecule has 98 valence electrons. The van der Waals surface area contributed by atoms with Crippen LogP contribution in [0.15, 0.2) is 11.6 Å². The van der Waals surface area contributed by atoms with Crippen molar-refractivity contribution >= 4 is 22.5 Å². The standard InChI is InChI=1S/C13H19N3OS/c17-12(16-13-15-5-6-18-13)14-4-3-11-8-9-1-2-10(11)7-9/h5-6,9-11H,1-4,7-8H2,(H2,14,15,16,17)/t9-,10-,11-/m0/s1. The fourth-order valence-electron chi connectivity index (χ4n) is 3.53. The summed E-state index contributed by atoms with van der Waals surface area (Å²) >= 11 is 1.44. The van der Waals surface area contributed by atoms with Gasteiger partial charge in [-0.25, -0.2) is 9.78 Å². The number of urea groups is 1. The summed E-state index contributed by atoms with van der Waals surface area (Å²) in [5, 5.41) is 8.17. The van der Waals surface area contributed by atoms with Crippen LogP contribution in [-0.2, 0) is 0 Å². The molecule has 3 atom stereocenters. The Bertz CT molecular complexity index is 406. The molecule has 1 aromatic rings. The Hall–Kier alpha value is -1.10. The van der Waals surface area contributed by atoms with Gasteiger partial charge < -0.3 is 5.32 Å². The van der Waals surface area contributed by atoms with Gasteiger partial charge in [0, 0.05) is 18.1 Å². The van der Waals surface area contributed by atoms with E-state index >= 15 is 0 Å². The number of amides is 2. The van der Waals surface area contributed by atoms with E-state index in [9.17, 15) is 4.79 Å². The largest absolute Gasteiger partial charge is 0.338 e. The number of carbonyl (C=O) groups is 1. The van der Waals surface area contributed by atoms with Gasteiger partial charge in [-0.1, -0.05) is 6.42 Å². The maximum absolute atomic E-state index is 11.6. The highest BCUT2D eigenvalue weighted by atomic mass is 32.1. The van der Waals surface area contributed by atoms with E-state index in [1.165, 1.54) is 37.0 Å². The van der Waals surface area contributed by atoms with Crippen LogP contribution in [0.1, 0.15) is 32.1 Å². The second kappa shape index (κ2) is 5.26. The van der Waals surface area contributed by atoms with Gasteiger partial charge in [0.2, 0.25) is 0 Å². The lowest BCUT2D eigenvalue weighted by Crippen LogP contribution is -2.31. The van der Waals surface area contributed by atoms with Crippen LogP contribution in [0.3, 0.4) is 0 Å².